The molecule has 0 aromatic heterocycles. The van der Waals surface area contributed by atoms with Gasteiger partial charge in [0, 0.05) is 30.3 Å². The Bertz CT molecular complexity index is 1290. The summed E-state index contributed by atoms with van der Waals surface area (Å²) in [4.78, 5) is 14.1. The minimum absolute atomic E-state index is 0.0521. The molecule has 2 aromatic carbocycles. The average Bonchev–Trinajstić information content (AvgIpc) is 3.37. The van der Waals surface area contributed by atoms with Gasteiger partial charge >= 0.3 is 0 Å². The standard InChI is InChI=1S/C32H37FN4/c1-8-17-35-32(31-29(16-18-34-31)25(9-2)20-36-24(7)21(3)4)37-28-15-10-22(5)30(19-28)23(6)26-11-13-27(33)14-12-26/h8-21,24,29H,6H2,1-5,7H3,(H,35,37)/b17-8-,25-9+,36-20?. The molecule has 37 heavy (non-hydrogen) atoms. The topological polar surface area (TPSA) is 49.1 Å². The largest absolute Gasteiger partial charge is 0.339 e. The third kappa shape index (κ3) is 7.10. The van der Waals surface area contributed by atoms with E-state index >= 15 is 0 Å². The minimum Gasteiger partial charge on any atom is -0.339 e. The molecule has 192 valence electrons. The Morgan fingerprint density at radius 1 is 1.11 bits per heavy atom. The van der Waals surface area contributed by atoms with Crippen molar-refractivity contribution in [1.82, 2.24) is 0 Å². The van der Waals surface area contributed by atoms with Gasteiger partial charge < -0.3 is 5.32 Å². The van der Waals surface area contributed by atoms with E-state index in [1.54, 1.807) is 18.3 Å². The molecule has 2 aromatic rings. The maximum Gasteiger partial charge on any atom is 0.153 e. The highest BCUT2D eigenvalue weighted by atomic mass is 19.1. The summed E-state index contributed by atoms with van der Waals surface area (Å²) in [5, 5.41) is 3.49. The fraction of sp³-hybridized carbons (Fsp3) is 0.281. The Labute approximate surface area is 220 Å². The molecule has 0 radical (unpaired) electrons. The number of amidine groups is 1. The Morgan fingerprint density at radius 2 is 1.84 bits per heavy atom. The number of allylic oxidation sites excluding steroid dienone is 4. The van der Waals surface area contributed by atoms with Gasteiger partial charge in [0.1, 0.15) is 5.82 Å². The molecular formula is C32H37FN4. The predicted octanol–water partition coefficient (Wildman–Crippen LogP) is 8.19. The fourth-order valence-electron chi connectivity index (χ4n) is 3.85. The van der Waals surface area contributed by atoms with Crippen LogP contribution < -0.4 is 5.32 Å². The summed E-state index contributed by atoms with van der Waals surface area (Å²) in [6.45, 7) is 16.7. The summed E-state index contributed by atoms with van der Waals surface area (Å²) in [6, 6.07) is 12.7. The zero-order valence-electron chi connectivity index (χ0n) is 22.7. The van der Waals surface area contributed by atoms with E-state index in [4.69, 9.17) is 9.98 Å². The lowest BCUT2D eigenvalue weighted by molar-refractivity contribution is 0.533. The van der Waals surface area contributed by atoms with Crippen LogP contribution in [0.1, 0.15) is 51.3 Å². The number of anilines is 1. The Kier molecular flexibility index (Phi) is 9.67. The van der Waals surface area contributed by atoms with Crippen LogP contribution in [-0.4, -0.2) is 23.8 Å². The molecule has 0 spiro atoms. The van der Waals surface area contributed by atoms with E-state index < -0.39 is 0 Å². The summed E-state index contributed by atoms with van der Waals surface area (Å²) < 4.78 is 13.4. The van der Waals surface area contributed by atoms with Gasteiger partial charge in [-0.25, -0.2) is 9.38 Å². The lowest BCUT2D eigenvalue weighted by Crippen LogP contribution is -2.29. The predicted molar refractivity (Wildman–Crippen MR) is 158 cm³/mol. The Hall–Kier alpha value is -3.86. The number of benzene rings is 2. The van der Waals surface area contributed by atoms with Crippen LogP contribution in [0.4, 0.5) is 10.1 Å². The maximum absolute atomic E-state index is 13.4. The number of hydrogen-bond acceptors (Lipinski definition) is 3. The summed E-state index contributed by atoms with van der Waals surface area (Å²) in [7, 11) is 0. The molecule has 5 heteroatoms. The zero-order valence-corrected chi connectivity index (χ0v) is 22.7. The SMILES string of the molecule is C=C(c1ccc(F)cc1)c1cc(NC(=N/C=C\C)C2=NC=CC2/C(C=NC(C)C(C)C)=C/C)ccc1C. The number of rotatable bonds is 9. The van der Waals surface area contributed by atoms with Crippen LogP contribution in [-0.2, 0) is 0 Å². The molecule has 2 unspecified atom stereocenters. The number of hydrogen-bond donors (Lipinski definition) is 1. The van der Waals surface area contributed by atoms with E-state index in [2.05, 4.69) is 49.8 Å². The first-order valence-corrected chi connectivity index (χ1v) is 12.7. The van der Waals surface area contributed by atoms with Gasteiger partial charge in [0.25, 0.3) is 0 Å². The summed E-state index contributed by atoms with van der Waals surface area (Å²) >= 11 is 0. The molecule has 1 N–H and O–H groups in total. The Balaban J connectivity index is 1.91. The van der Waals surface area contributed by atoms with Crippen LogP contribution >= 0.6 is 0 Å². The van der Waals surface area contributed by atoms with Gasteiger partial charge in [0.05, 0.1) is 11.6 Å². The van der Waals surface area contributed by atoms with Crippen LogP contribution in [0.5, 0.6) is 0 Å². The summed E-state index contributed by atoms with van der Waals surface area (Å²) in [6.07, 6.45) is 11.6. The van der Waals surface area contributed by atoms with Crippen LogP contribution in [0, 0.1) is 24.6 Å². The van der Waals surface area contributed by atoms with Crippen LogP contribution in [0.25, 0.3) is 5.57 Å². The van der Waals surface area contributed by atoms with Crippen molar-refractivity contribution < 1.29 is 4.39 Å². The molecule has 0 bridgehead atoms. The third-order valence-electron chi connectivity index (χ3n) is 6.52. The van der Waals surface area contributed by atoms with Crippen LogP contribution in [0.15, 0.2) is 100 Å². The smallest absolute Gasteiger partial charge is 0.153 e. The molecule has 3 rings (SSSR count). The lowest BCUT2D eigenvalue weighted by Gasteiger charge is -2.18. The van der Waals surface area contributed by atoms with E-state index in [0.717, 1.165) is 39.2 Å². The van der Waals surface area contributed by atoms with Crippen molar-refractivity contribution in [1.29, 1.82) is 0 Å². The van der Waals surface area contributed by atoms with Crippen LogP contribution in [0.2, 0.25) is 0 Å². The van der Waals surface area contributed by atoms with Gasteiger partial charge in [-0.05, 0) is 85.7 Å². The van der Waals surface area contributed by atoms with Gasteiger partial charge in [0.2, 0.25) is 0 Å². The molecule has 0 aliphatic carbocycles. The highest BCUT2D eigenvalue weighted by molar-refractivity contribution is 6.48. The van der Waals surface area contributed by atoms with Crippen LogP contribution in [0.3, 0.4) is 0 Å². The number of aliphatic imine (C=N–C) groups is 3. The molecule has 0 saturated heterocycles. The fourth-order valence-corrected chi connectivity index (χ4v) is 3.85. The molecule has 0 saturated carbocycles. The highest BCUT2D eigenvalue weighted by Crippen LogP contribution is 2.28. The quantitative estimate of drug-likeness (QED) is 0.276. The molecule has 1 aliphatic heterocycles. The Morgan fingerprint density at radius 3 is 2.49 bits per heavy atom. The molecule has 1 heterocycles. The summed E-state index contributed by atoms with van der Waals surface area (Å²) in [5.41, 5.74) is 6.53. The first-order chi connectivity index (χ1) is 17.7. The molecular weight excluding hydrogens is 459 g/mol. The van der Waals surface area contributed by atoms with Crippen molar-refractivity contribution in [3.8, 4) is 0 Å². The van der Waals surface area contributed by atoms with E-state index in [-0.39, 0.29) is 17.8 Å². The van der Waals surface area contributed by atoms with Crippen molar-refractivity contribution in [3.63, 3.8) is 0 Å². The van der Waals surface area contributed by atoms with Gasteiger partial charge in [-0.15, -0.1) is 0 Å². The molecule has 4 nitrogen and oxygen atoms in total. The second-order valence-corrected chi connectivity index (χ2v) is 9.49. The average molecular weight is 497 g/mol. The molecule has 1 aliphatic rings. The molecule has 2 atom stereocenters. The van der Waals surface area contributed by atoms with Gasteiger partial charge in [-0.3, -0.25) is 9.98 Å². The molecule has 0 fully saturated rings. The van der Waals surface area contributed by atoms with Gasteiger partial charge in [-0.1, -0.05) is 56.9 Å². The van der Waals surface area contributed by atoms with E-state index in [1.807, 2.05) is 57.5 Å². The highest BCUT2D eigenvalue weighted by Gasteiger charge is 2.25. The number of nitrogens with zero attached hydrogens (tertiary/aromatic N) is 3. The van der Waals surface area contributed by atoms with Crippen molar-refractivity contribution in [2.24, 2.45) is 26.8 Å². The first kappa shape index (κ1) is 27.7. The number of nitrogens with one attached hydrogen (secondary N) is 1. The van der Waals surface area contributed by atoms with Crippen molar-refractivity contribution in [3.05, 3.63) is 108 Å². The maximum atomic E-state index is 13.4. The van der Waals surface area contributed by atoms with Gasteiger partial charge in [-0.2, -0.15) is 0 Å². The zero-order chi connectivity index (χ0) is 26.9. The third-order valence-corrected chi connectivity index (χ3v) is 6.52. The van der Waals surface area contributed by atoms with E-state index in [0.29, 0.717) is 11.8 Å². The second kappa shape index (κ2) is 12.9. The monoisotopic (exact) mass is 496 g/mol. The number of aryl methyl sites for hydroxylation is 1. The van der Waals surface area contributed by atoms with Crippen molar-refractivity contribution in [2.45, 2.75) is 47.6 Å². The lowest BCUT2D eigenvalue weighted by atomic mass is 9.93. The normalized spacial score (nSPS) is 17.2. The number of halogens is 1. The van der Waals surface area contributed by atoms with Crippen molar-refractivity contribution >= 4 is 29.0 Å². The summed E-state index contributed by atoms with van der Waals surface area (Å²) in [5.74, 6) is 0.817. The second-order valence-electron chi connectivity index (χ2n) is 9.49. The van der Waals surface area contributed by atoms with E-state index in [9.17, 15) is 4.39 Å². The first-order valence-electron chi connectivity index (χ1n) is 12.7. The van der Waals surface area contributed by atoms with Crippen molar-refractivity contribution in [2.75, 3.05) is 5.32 Å². The van der Waals surface area contributed by atoms with Gasteiger partial charge in [0.15, 0.2) is 5.84 Å². The molecule has 0 amide bonds. The van der Waals surface area contributed by atoms with E-state index in [1.165, 1.54) is 12.1 Å². The minimum atomic E-state index is -0.266.